The SMILES string of the molecule is COc1ccc(C(C)(O)c2nc(N3CCCC3)nc3ccccc23)cc1. The van der Waals surface area contributed by atoms with Gasteiger partial charge in [0, 0.05) is 18.5 Å². The molecule has 0 amide bonds. The first-order valence-electron chi connectivity index (χ1n) is 8.99. The van der Waals surface area contributed by atoms with E-state index in [9.17, 15) is 5.11 Å². The molecule has 1 aliphatic rings. The topological polar surface area (TPSA) is 58.5 Å². The first-order chi connectivity index (χ1) is 12.6. The Morgan fingerprint density at radius 3 is 2.38 bits per heavy atom. The van der Waals surface area contributed by atoms with Crippen LogP contribution in [0, 0.1) is 0 Å². The molecule has 4 rings (SSSR count). The molecule has 0 radical (unpaired) electrons. The summed E-state index contributed by atoms with van der Waals surface area (Å²) >= 11 is 0. The van der Waals surface area contributed by atoms with Crippen molar-refractivity contribution in [3.05, 3.63) is 59.8 Å². The minimum Gasteiger partial charge on any atom is -0.497 e. The number of para-hydroxylation sites is 1. The number of rotatable bonds is 4. The second-order valence-corrected chi connectivity index (χ2v) is 6.88. The van der Waals surface area contributed by atoms with Gasteiger partial charge in [0.25, 0.3) is 0 Å². The first kappa shape index (κ1) is 16.8. The van der Waals surface area contributed by atoms with E-state index in [0.29, 0.717) is 11.6 Å². The third-order valence-electron chi connectivity index (χ3n) is 5.09. The van der Waals surface area contributed by atoms with E-state index in [2.05, 4.69) is 4.90 Å². The normalized spacial score (nSPS) is 16.7. The van der Waals surface area contributed by atoms with Crippen LogP contribution >= 0.6 is 0 Å². The Hall–Kier alpha value is -2.66. The molecule has 5 heteroatoms. The van der Waals surface area contributed by atoms with Crippen molar-refractivity contribution in [2.75, 3.05) is 25.1 Å². The van der Waals surface area contributed by atoms with Gasteiger partial charge in [0.2, 0.25) is 5.95 Å². The Balaban J connectivity index is 1.87. The van der Waals surface area contributed by atoms with Gasteiger partial charge in [-0.3, -0.25) is 0 Å². The molecule has 26 heavy (non-hydrogen) atoms. The van der Waals surface area contributed by atoms with Crippen LogP contribution in [0.5, 0.6) is 5.75 Å². The predicted octanol–water partition coefficient (Wildman–Crippen LogP) is 3.49. The lowest BCUT2D eigenvalue weighted by Gasteiger charge is -2.27. The molecule has 2 heterocycles. The number of aromatic nitrogens is 2. The predicted molar refractivity (Wildman–Crippen MR) is 103 cm³/mol. The molecule has 1 saturated heterocycles. The van der Waals surface area contributed by atoms with E-state index < -0.39 is 5.60 Å². The molecule has 1 fully saturated rings. The summed E-state index contributed by atoms with van der Waals surface area (Å²) in [6.07, 6.45) is 2.31. The molecule has 0 bridgehead atoms. The molecule has 1 N–H and O–H groups in total. The number of ether oxygens (including phenoxy) is 1. The zero-order valence-electron chi connectivity index (χ0n) is 15.1. The Bertz CT molecular complexity index is 916. The largest absolute Gasteiger partial charge is 0.497 e. The maximum Gasteiger partial charge on any atom is 0.226 e. The van der Waals surface area contributed by atoms with E-state index in [-0.39, 0.29) is 0 Å². The average molecular weight is 349 g/mol. The summed E-state index contributed by atoms with van der Waals surface area (Å²) in [5.74, 6) is 1.46. The van der Waals surface area contributed by atoms with Gasteiger partial charge in [0.05, 0.1) is 18.3 Å². The monoisotopic (exact) mass is 349 g/mol. The molecular weight excluding hydrogens is 326 g/mol. The number of benzene rings is 2. The van der Waals surface area contributed by atoms with Crippen LogP contribution in [0.15, 0.2) is 48.5 Å². The van der Waals surface area contributed by atoms with Gasteiger partial charge in [0.15, 0.2) is 0 Å². The number of hydrogen-bond acceptors (Lipinski definition) is 5. The van der Waals surface area contributed by atoms with Crippen LogP contribution in [0.4, 0.5) is 5.95 Å². The summed E-state index contributed by atoms with van der Waals surface area (Å²) < 4.78 is 5.23. The zero-order valence-corrected chi connectivity index (χ0v) is 15.1. The van der Waals surface area contributed by atoms with Crippen molar-refractivity contribution in [2.45, 2.75) is 25.4 Å². The van der Waals surface area contributed by atoms with Crippen molar-refractivity contribution in [1.29, 1.82) is 0 Å². The minimum atomic E-state index is -1.23. The fourth-order valence-electron chi connectivity index (χ4n) is 3.55. The van der Waals surface area contributed by atoms with Gasteiger partial charge in [-0.2, -0.15) is 0 Å². The molecule has 3 aromatic rings. The highest BCUT2D eigenvalue weighted by Gasteiger charge is 2.31. The minimum absolute atomic E-state index is 0.634. The molecule has 1 aliphatic heterocycles. The van der Waals surface area contributed by atoms with E-state index in [1.54, 1.807) is 14.0 Å². The van der Waals surface area contributed by atoms with Gasteiger partial charge in [-0.25, -0.2) is 9.97 Å². The van der Waals surface area contributed by atoms with Gasteiger partial charge in [-0.15, -0.1) is 0 Å². The van der Waals surface area contributed by atoms with Crippen molar-refractivity contribution in [3.63, 3.8) is 0 Å². The third kappa shape index (κ3) is 2.88. The van der Waals surface area contributed by atoms with Crippen molar-refractivity contribution >= 4 is 16.9 Å². The number of nitrogens with zero attached hydrogens (tertiary/aromatic N) is 3. The number of fused-ring (bicyclic) bond motifs is 1. The number of anilines is 1. The third-order valence-corrected chi connectivity index (χ3v) is 5.09. The molecule has 1 unspecified atom stereocenters. The zero-order chi connectivity index (χ0) is 18.1. The summed E-state index contributed by atoms with van der Waals surface area (Å²) in [4.78, 5) is 11.7. The standard InChI is InChI=1S/C21H23N3O2/c1-21(25,15-9-11-16(26-2)12-10-15)19-17-7-3-4-8-18(17)22-20(23-19)24-13-5-6-14-24/h3-4,7-12,25H,5-6,13-14H2,1-2H3. The van der Waals surface area contributed by atoms with Gasteiger partial charge in [0.1, 0.15) is 11.4 Å². The first-order valence-corrected chi connectivity index (χ1v) is 8.99. The average Bonchev–Trinajstić information content (AvgIpc) is 3.22. The maximum atomic E-state index is 11.4. The highest BCUT2D eigenvalue weighted by molar-refractivity contribution is 5.83. The highest BCUT2D eigenvalue weighted by Crippen LogP contribution is 2.34. The van der Waals surface area contributed by atoms with Crippen molar-refractivity contribution in [2.24, 2.45) is 0 Å². The van der Waals surface area contributed by atoms with E-state index in [1.807, 2.05) is 48.5 Å². The molecule has 0 saturated carbocycles. The fraction of sp³-hybridized carbons (Fsp3) is 0.333. The van der Waals surface area contributed by atoms with Crippen LogP contribution in [0.2, 0.25) is 0 Å². The van der Waals surface area contributed by atoms with Crippen LogP contribution in [-0.2, 0) is 5.60 Å². The quantitative estimate of drug-likeness (QED) is 0.781. The second-order valence-electron chi connectivity index (χ2n) is 6.88. The number of methoxy groups -OCH3 is 1. The van der Waals surface area contributed by atoms with E-state index in [0.717, 1.165) is 48.1 Å². The fourth-order valence-corrected chi connectivity index (χ4v) is 3.55. The molecule has 5 nitrogen and oxygen atoms in total. The van der Waals surface area contributed by atoms with Crippen LogP contribution in [-0.4, -0.2) is 35.3 Å². The molecular formula is C21H23N3O2. The Kier molecular flexibility index (Phi) is 4.24. The van der Waals surface area contributed by atoms with Crippen molar-refractivity contribution in [1.82, 2.24) is 9.97 Å². The Morgan fingerprint density at radius 1 is 1.00 bits per heavy atom. The van der Waals surface area contributed by atoms with E-state index >= 15 is 0 Å². The van der Waals surface area contributed by atoms with Crippen molar-refractivity contribution in [3.8, 4) is 5.75 Å². The van der Waals surface area contributed by atoms with Gasteiger partial charge < -0.3 is 14.7 Å². The van der Waals surface area contributed by atoms with Crippen LogP contribution in [0.3, 0.4) is 0 Å². The van der Waals surface area contributed by atoms with Gasteiger partial charge in [-0.05, 0) is 43.5 Å². The molecule has 0 aliphatic carbocycles. The Labute approximate surface area is 153 Å². The van der Waals surface area contributed by atoms with Gasteiger partial charge in [-0.1, -0.05) is 30.3 Å². The lowest BCUT2D eigenvalue weighted by Crippen LogP contribution is -2.28. The molecule has 2 aromatic carbocycles. The lowest BCUT2D eigenvalue weighted by molar-refractivity contribution is 0.0991. The maximum absolute atomic E-state index is 11.4. The van der Waals surface area contributed by atoms with Crippen LogP contribution < -0.4 is 9.64 Å². The van der Waals surface area contributed by atoms with E-state index in [1.165, 1.54) is 0 Å². The number of aliphatic hydroxyl groups is 1. The molecule has 134 valence electrons. The molecule has 0 spiro atoms. The van der Waals surface area contributed by atoms with Crippen LogP contribution in [0.1, 0.15) is 31.0 Å². The molecule has 1 aromatic heterocycles. The summed E-state index contributed by atoms with van der Waals surface area (Å²) in [5.41, 5.74) is 1.03. The van der Waals surface area contributed by atoms with Crippen LogP contribution in [0.25, 0.3) is 10.9 Å². The van der Waals surface area contributed by atoms with Crippen molar-refractivity contribution < 1.29 is 9.84 Å². The number of hydrogen-bond donors (Lipinski definition) is 1. The summed E-state index contributed by atoms with van der Waals surface area (Å²) in [7, 11) is 1.63. The summed E-state index contributed by atoms with van der Waals surface area (Å²) in [5, 5.41) is 12.3. The van der Waals surface area contributed by atoms with Gasteiger partial charge >= 0.3 is 0 Å². The second kappa shape index (κ2) is 6.57. The summed E-state index contributed by atoms with van der Waals surface area (Å²) in [6, 6.07) is 15.3. The smallest absolute Gasteiger partial charge is 0.226 e. The Morgan fingerprint density at radius 2 is 1.69 bits per heavy atom. The highest BCUT2D eigenvalue weighted by atomic mass is 16.5. The lowest BCUT2D eigenvalue weighted by atomic mass is 9.90. The van der Waals surface area contributed by atoms with E-state index in [4.69, 9.17) is 14.7 Å². The molecule has 1 atom stereocenters. The summed E-state index contributed by atoms with van der Waals surface area (Å²) in [6.45, 7) is 3.71.